The third-order valence-electron chi connectivity index (χ3n) is 4.95. The second-order valence-corrected chi connectivity index (χ2v) is 6.62. The highest BCUT2D eigenvalue weighted by atomic mass is 16.2. The van der Waals surface area contributed by atoms with E-state index in [9.17, 15) is 4.79 Å². The molecule has 126 valence electrons. The fourth-order valence-electron chi connectivity index (χ4n) is 3.52. The van der Waals surface area contributed by atoms with E-state index in [1.165, 1.54) is 32.1 Å². The number of pyridine rings is 1. The summed E-state index contributed by atoms with van der Waals surface area (Å²) < 4.78 is 0. The van der Waals surface area contributed by atoms with Gasteiger partial charge in [-0.1, -0.05) is 19.3 Å². The number of piperazine rings is 1. The van der Waals surface area contributed by atoms with Crippen molar-refractivity contribution in [3.05, 3.63) is 24.5 Å². The molecule has 5 nitrogen and oxygen atoms in total. The number of rotatable bonds is 3. The van der Waals surface area contributed by atoms with Crippen molar-refractivity contribution in [1.29, 1.82) is 0 Å². The van der Waals surface area contributed by atoms with Gasteiger partial charge in [-0.05, 0) is 38.1 Å². The Morgan fingerprint density at radius 1 is 0.957 bits per heavy atom. The number of carbonyl (C=O) groups is 1. The number of aromatic nitrogens is 1. The Morgan fingerprint density at radius 2 is 1.65 bits per heavy atom. The van der Waals surface area contributed by atoms with Gasteiger partial charge in [0.15, 0.2) is 0 Å². The molecule has 3 rings (SSSR count). The topological polar surface area (TPSA) is 39.7 Å². The van der Waals surface area contributed by atoms with Crippen LogP contribution >= 0.6 is 0 Å². The molecule has 0 spiro atoms. The summed E-state index contributed by atoms with van der Waals surface area (Å²) in [5.41, 5.74) is 1.16. The fourth-order valence-corrected chi connectivity index (χ4v) is 3.52. The summed E-state index contributed by atoms with van der Waals surface area (Å²) in [5.74, 6) is 0.302. The fraction of sp³-hybridized carbons (Fsp3) is 0.667. The average molecular weight is 316 g/mol. The van der Waals surface area contributed by atoms with Crippen molar-refractivity contribution < 1.29 is 4.79 Å². The van der Waals surface area contributed by atoms with Gasteiger partial charge in [-0.3, -0.25) is 14.7 Å². The number of anilines is 1. The number of nitrogens with zero attached hydrogens (tertiary/aromatic N) is 4. The first-order valence-electron chi connectivity index (χ1n) is 8.98. The van der Waals surface area contributed by atoms with E-state index in [1.54, 1.807) is 6.20 Å². The highest BCUT2D eigenvalue weighted by molar-refractivity contribution is 5.78. The Hall–Kier alpha value is -1.62. The van der Waals surface area contributed by atoms with Crippen LogP contribution in [0.15, 0.2) is 24.5 Å². The Labute approximate surface area is 139 Å². The van der Waals surface area contributed by atoms with E-state index < -0.39 is 0 Å². The predicted molar refractivity (Wildman–Crippen MR) is 92.6 cm³/mol. The molecule has 3 heterocycles. The number of hydrogen-bond donors (Lipinski definition) is 0. The summed E-state index contributed by atoms with van der Waals surface area (Å²) in [5, 5.41) is 0. The molecule has 0 unspecified atom stereocenters. The highest BCUT2D eigenvalue weighted by Crippen LogP contribution is 2.15. The maximum atomic E-state index is 12.6. The molecule has 5 heteroatoms. The van der Waals surface area contributed by atoms with Crippen LogP contribution in [0.25, 0.3) is 0 Å². The van der Waals surface area contributed by atoms with Crippen LogP contribution in [0.4, 0.5) is 5.69 Å². The Kier molecular flexibility index (Phi) is 5.86. The van der Waals surface area contributed by atoms with Crippen LogP contribution in [0.1, 0.15) is 32.1 Å². The molecule has 2 aliphatic rings. The molecule has 1 amide bonds. The Balaban J connectivity index is 1.46. The standard InChI is InChI=1S/C18H28N4O/c23-18(16-20-9-4-2-1-3-5-10-20)22-13-11-21(12-14-22)17-7-6-8-19-15-17/h6-8,15H,1-5,9-14,16H2. The minimum atomic E-state index is 0.302. The molecule has 0 aromatic carbocycles. The van der Waals surface area contributed by atoms with Crippen molar-refractivity contribution in [2.45, 2.75) is 32.1 Å². The summed E-state index contributed by atoms with van der Waals surface area (Å²) in [4.78, 5) is 23.4. The van der Waals surface area contributed by atoms with E-state index in [1.807, 2.05) is 17.2 Å². The first-order valence-corrected chi connectivity index (χ1v) is 8.98. The van der Waals surface area contributed by atoms with Crippen molar-refractivity contribution in [1.82, 2.24) is 14.8 Å². The molecule has 2 saturated heterocycles. The van der Waals surface area contributed by atoms with E-state index in [-0.39, 0.29) is 0 Å². The van der Waals surface area contributed by atoms with Gasteiger partial charge < -0.3 is 9.80 Å². The lowest BCUT2D eigenvalue weighted by molar-refractivity contribution is -0.132. The van der Waals surface area contributed by atoms with Crippen LogP contribution in [0.5, 0.6) is 0 Å². The highest BCUT2D eigenvalue weighted by Gasteiger charge is 2.23. The number of hydrogen-bond acceptors (Lipinski definition) is 4. The Morgan fingerprint density at radius 3 is 2.30 bits per heavy atom. The third kappa shape index (κ3) is 4.67. The zero-order valence-corrected chi connectivity index (χ0v) is 14.0. The van der Waals surface area contributed by atoms with Crippen LogP contribution in [0.2, 0.25) is 0 Å². The van der Waals surface area contributed by atoms with E-state index in [0.29, 0.717) is 12.5 Å². The second kappa shape index (κ2) is 8.29. The molecule has 0 aliphatic carbocycles. The van der Waals surface area contributed by atoms with E-state index in [4.69, 9.17) is 0 Å². The number of amides is 1. The molecule has 0 saturated carbocycles. The summed E-state index contributed by atoms with van der Waals surface area (Å²) >= 11 is 0. The summed E-state index contributed by atoms with van der Waals surface area (Å²) in [6.45, 7) is 6.22. The Bertz CT molecular complexity index is 477. The van der Waals surface area contributed by atoms with Gasteiger partial charge >= 0.3 is 0 Å². The average Bonchev–Trinajstić information content (AvgIpc) is 2.58. The monoisotopic (exact) mass is 316 g/mol. The summed E-state index contributed by atoms with van der Waals surface area (Å²) in [7, 11) is 0. The van der Waals surface area contributed by atoms with Gasteiger partial charge in [-0.2, -0.15) is 0 Å². The van der Waals surface area contributed by atoms with Crippen LogP contribution in [0.3, 0.4) is 0 Å². The van der Waals surface area contributed by atoms with Gasteiger partial charge in [0.1, 0.15) is 0 Å². The van der Waals surface area contributed by atoms with Crippen LogP contribution < -0.4 is 4.90 Å². The van der Waals surface area contributed by atoms with Gasteiger partial charge in [0.25, 0.3) is 0 Å². The quantitative estimate of drug-likeness (QED) is 0.855. The molecular formula is C18H28N4O. The van der Waals surface area contributed by atoms with Crippen molar-refractivity contribution in [3.63, 3.8) is 0 Å². The lowest BCUT2D eigenvalue weighted by Crippen LogP contribution is -2.51. The number of carbonyl (C=O) groups excluding carboxylic acids is 1. The van der Waals surface area contributed by atoms with Crippen molar-refractivity contribution in [3.8, 4) is 0 Å². The van der Waals surface area contributed by atoms with Crippen LogP contribution in [-0.2, 0) is 4.79 Å². The van der Waals surface area contributed by atoms with Crippen molar-refractivity contribution >= 4 is 11.6 Å². The molecule has 23 heavy (non-hydrogen) atoms. The van der Waals surface area contributed by atoms with Crippen LogP contribution in [0, 0.1) is 0 Å². The van der Waals surface area contributed by atoms with E-state index in [0.717, 1.165) is 45.0 Å². The molecular weight excluding hydrogens is 288 g/mol. The maximum absolute atomic E-state index is 12.6. The van der Waals surface area contributed by atoms with Gasteiger partial charge in [0.05, 0.1) is 18.4 Å². The zero-order valence-electron chi connectivity index (χ0n) is 14.0. The van der Waals surface area contributed by atoms with Gasteiger partial charge in [-0.15, -0.1) is 0 Å². The van der Waals surface area contributed by atoms with Gasteiger partial charge in [0.2, 0.25) is 5.91 Å². The number of likely N-dealkylation sites (tertiary alicyclic amines) is 1. The SMILES string of the molecule is O=C(CN1CCCCCCC1)N1CCN(c2cccnc2)CC1. The first kappa shape index (κ1) is 16.2. The predicted octanol–water partition coefficient (Wildman–Crippen LogP) is 2.00. The molecule has 2 fully saturated rings. The molecule has 1 aromatic rings. The van der Waals surface area contributed by atoms with Crippen molar-refractivity contribution in [2.24, 2.45) is 0 Å². The maximum Gasteiger partial charge on any atom is 0.236 e. The minimum Gasteiger partial charge on any atom is -0.367 e. The molecule has 0 atom stereocenters. The summed E-state index contributed by atoms with van der Waals surface area (Å²) in [6, 6.07) is 4.06. The normalized spacial score (nSPS) is 20.9. The van der Waals surface area contributed by atoms with E-state index in [2.05, 4.69) is 20.9 Å². The molecule has 0 bridgehead atoms. The molecule has 0 radical (unpaired) electrons. The largest absolute Gasteiger partial charge is 0.367 e. The second-order valence-electron chi connectivity index (χ2n) is 6.62. The van der Waals surface area contributed by atoms with Crippen LogP contribution in [-0.4, -0.2) is 66.5 Å². The smallest absolute Gasteiger partial charge is 0.236 e. The third-order valence-corrected chi connectivity index (χ3v) is 4.95. The van der Waals surface area contributed by atoms with Crippen molar-refractivity contribution in [2.75, 3.05) is 50.7 Å². The van der Waals surface area contributed by atoms with Gasteiger partial charge in [-0.25, -0.2) is 0 Å². The lowest BCUT2D eigenvalue weighted by Gasteiger charge is -2.37. The van der Waals surface area contributed by atoms with E-state index >= 15 is 0 Å². The molecule has 0 N–H and O–H groups in total. The lowest BCUT2D eigenvalue weighted by atomic mass is 10.1. The minimum absolute atomic E-state index is 0.302. The first-order chi connectivity index (χ1) is 11.3. The van der Waals surface area contributed by atoms with Gasteiger partial charge in [0, 0.05) is 32.4 Å². The molecule has 1 aromatic heterocycles. The molecule has 2 aliphatic heterocycles. The zero-order chi connectivity index (χ0) is 15.9. The summed E-state index contributed by atoms with van der Waals surface area (Å²) in [6.07, 6.45) is 10.2.